The molecule has 7 nitrogen and oxygen atoms in total. The first-order valence-corrected chi connectivity index (χ1v) is 10.1. The molecule has 1 atom stereocenters. The van der Waals surface area contributed by atoms with Crippen LogP contribution in [-0.2, 0) is 14.3 Å². The Kier molecular flexibility index (Phi) is 5.70. The van der Waals surface area contributed by atoms with Crippen LogP contribution in [0.2, 0.25) is 0 Å². The molecule has 156 valence electrons. The third kappa shape index (κ3) is 4.15. The molecule has 1 aliphatic heterocycles. The number of rotatable bonds is 5. The molecule has 7 heteroatoms. The van der Waals surface area contributed by atoms with Gasteiger partial charge >= 0.3 is 5.97 Å². The number of likely N-dealkylation sites (N-methyl/N-ethyl adjacent to an activating group) is 1. The van der Waals surface area contributed by atoms with Gasteiger partial charge in [0.05, 0.1) is 5.92 Å². The average Bonchev–Trinajstić information content (AvgIpc) is 3.22. The molecule has 0 N–H and O–H groups in total. The van der Waals surface area contributed by atoms with E-state index in [1.54, 1.807) is 26.2 Å². The van der Waals surface area contributed by atoms with Crippen LogP contribution < -0.4 is 4.90 Å². The minimum absolute atomic E-state index is 0.251. The van der Waals surface area contributed by atoms with Gasteiger partial charge in [-0.3, -0.25) is 9.59 Å². The number of anilines is 1. The molecular formula is C23H25N3O4. The second kappa shape index (κ2) is 8.57. The maximum Gasteiger partial charge on any atom is 0.310 e. The predicted molar refractivity (Wildman–Crippen MR) is 113 cm³/mol. The van der Waals surface area contributed by atoms with Crippen LogP contribution in [0.4, 0.5) is 6.01 Å². The highest BCUT2D eigenvalue weighted by atomic mass is 16.5. The number of nitrogens with zero attached hydrogens (tertiary/aromatic N) is 3. The Morgan fingerprint density at radius 2 is 1.73 bits per heavy atom. The second-order valence-corrected chi connectivity index (χ2v) is 7.69. The van der Waals surface area contributed by atoms with Crippen LogP contribution in [0.3, 0.4) is 0 Å². The summed E-state index contributed by atoms with van der Waals surface area (Å²) in [5, 5.41) is 0. The predicted octanol–water partition coefficient (Wildman–Crippen LogP) is 3.42. The fraction of sp³-hybridized carbons (Fsp3) is 0.348. The smallest absolute Gasteiger partial charge is 0.310 e. The number of hydrogen-bond acceptors (Lipinski definition) is 6. The first kappa shape index (κ1) is 19.9. The van der Waals surface area contributed by atoms with Gasteiger partial charge in [0.1, 0.15) is 5.52 Å². The Morgan fingerprint density at radius 1 is 1.07 bits per heavy atom. The maximum atomic E-state index is 12.8. The van der Waals surface area contributed by atoms with E-state index in [4.69, 9.17) is 9.15 Å². The zero-order chi connectivity index (χ0) is 21.1. The summed E-state index contributed by atoms with van der Waals surface area (Å²) in [5.74, 6) is -0.846. The van der Waals surface area contributed by atoms with Crippen molar-refractivity contribution >= 4 is 29.0 Å². The monoisotopic (exact) mass is 407 g/mol. The van der Waals surface area contributed by atoms with Crippen LogP contribution in [0.5, 0.6) is 0 Å². The average molecular weight is 407 g/mol. The molecule has 2 heterocycles. The molecule has 1 amide bonds. The van der Waals surface area contributed by atoms with E-state index in [1.165, 1.54) is 4.90 Å². The second-order valence-electron chi connectivity index (χ2n) is 7.69. The summed E-state index contributed by atoms with van der Waals surface area (Å²) in [6.45, 7) is 1.29. The van der Waals surface area contributed by atoms with Crippen molar-refractivity contribution in [3.8, 4) is 0 Å². The van der Waals surface area contributed by atoms with Gasteiger partial charge in [-0.25, -0.2) is 0 Å². The van der Waals surface area contributed by atoms with E-state index in [1.807, 2.05) is 47.4 Å². The van der Waals surface area contributed by atoms with Crippen LogP contribution in [0.15, 0.2) is 59.0 Å². The fourth-order valence-corrected chi connectivity index (χ4v) is 3.64. The normalized spacial score (nSPS) is 15.7. The number of benzene rings is 2. The van der Waals surface area contributed by atoms with E-state index >= 15 is 0 Å². The Balaban J connectivity index is 1.41. The molecule has 4 rings (SSSR count). The lowest BCUT2D eigenvalue weighted by atomic mass is 9.97. The zero-order valence-electron chi connectivity index (χ0n) is 17.2. The van der Waals surface area contributed by atoms with Crippen molar-refractivity contribution in [2.24, 2.45) is 5.92 Å². The summed E-state index contributed by atoms with van der Waals surface area (Å²) in [6, 6.07) is 17.4. The highest BCUT2D eigenvalue weighted by Crippen LogP contribution is 2.28. The van der Waals surface area contributed by atoms with Gasteiger partial charge in [0.2, 0.25) is 6.10 Å². The third-order valence-electron chi connectivity index (χ3n) is 5.38. The number of esters is 1. The lowest BCUT2D eigenvalue weighted by Crippen LogP contribution is -2.38. The van der Waals surface area contributed by atoms with Crippen molar-refractivity contribution in [1.29, 1.82) is 0 Å². The summed E-state index contributed by atoms with van der Waals surface area (Å²) >= 11 is 0. The van der Waals surface area contributed by atoms with Gasteiger partial charge in [0.15, 0.2) is 5.58 Å². The molecule has 1 unspecified atom stereocenters. The van der Waals surface area contributed by atoms with Gasteiger partial charge in [-0.1, -0.05) is 42.5 Å². The minimum atomic E-state index is -0.927. The Bertz CT molecular complexity index is 990. The van der Waals surface area contributed by atoms with Crippen molar-refractivity contribution in [3.05, 3.63) is 60.2 Å². The summed E-state index contributed by atoms with van der Waals surface area (Å²) in [5.41, 5.74) is 2.25. The molecule has 1 fully saturated rings. The van der Waals surface area contributed by atoms with Gasteiger partial charge in [-0.15, -0.1) is 0 Å². The van der Waals surface area contributed by atoms with Crippen molar-refractivity contribution in [3.63, 3.8) is 0 Å². The molecule has 1 aromatic heterocycles. The van der Waals surface area contributed by atoms with Gasteiger partial charge in [0, 0.05) is 32.7 Å². The standard InChI is InChI=1S/C23H25N3O4/c1-25(2)21(27)20(16-8-4-3-5-9-16)30-22(28)17-12-14-26(15-13-17)23-24-18-10-6-7-11-19(18)29-23/h3-11,17,20H,12-15H2,1-2H3. The molecule has 1 aliphatic rings. The van der Waals surface area contributed by atoms with Crippen LogP contribution in [0, 0.1) is 5.92 Å². The highest BCUT2D eigenvalue weighted by Gasteiger charge is 2.33. The summed E-state index contributed by atoms with van der Waals surface area (Å²) < 4.78 is 11.5. The number of oxazole rings is 1. The summed E-state index contributed by atoms with van der Waals surface area (Å²) in [7, 11) is 3.32. The van der Waals surface area contributed by atoms with Crippen molar-refractivity contribution < 1.29 is 18.7 Å². The Morgan fingerprint density at radius 3 is 2.40 bits per heavy atom. The zero-order valence-corrected chi connectivity index (χ0v) is 17.2. The molecule has 3 aromatic rings. The van der Waals surface area contributed by atoms with Gasteiger partial charge in [-0.05, 0) is 25.0 Å². The molecule has 1 saturated heterocycles. The van der Waals surface area contributed by atoms with Gasteiger partial charge in [0.25, 0.3) is 11.9 Å². The lowest BCUT2D eigenvalue weighted by Gasteiger charge is -2.30. The molecule has 2 aromatic carbocycles. The molecule has 0 spiro atoms. The quantitative estimate of drug-likeness (QED) is 0.604. The number of carbonyl (C=O) groups excluding carboxylic acids is 2. The molecule has 0 aliphatic carbocycles. The number of para-hydroxylation sites is 2. The molecule has 0 saturated carbocycles. The highest BCUT2D eigenvalue weighted by molar-refractivity contribution is 5.85. The molecule has 0 bridgehead atoms. The van der Waals surface area contributed by atoms with E-state index in [-0.39, 0.29) is 17.8 Å². The summed E-state index contributed by atoms with van der Waals surface area (Å²) in [6.07, 6.45) is 0.313. The van der Waals surface area contributed by atoms with Gasteiger partial charge < -0.3 is 19.0 Å². The number of piperidine rings is 1. The number of ether oxygens (including phenoxy) is 1. The van der Waals surface area contributed by atoms with E-state index in [2.05, 4.69) is 4.98 Å². The molecular weight excluding hydrogens is 382 g/mol. The molecule has 0 radical (unpaired) electrons. The number of carbonyl (C=O) groups is 2. The maximum absolute atomic E-state index is 12.8. The number of hydrogen-bond donors (Lipinski definition) is 0. The first-order chi connectivity index (χ1) is 14.5. The molecule has 30 heavy (non-hydrogen) atoms. The van der Waals surface area contributed by atoms with Crippen LogP contribution in [-0.4, -0.2) is 48.9 Å². The SMILES string of the molecule is CN(C)C(=O)C(OC(=O)C1CCN(c2nc3ccccc3o2)CC1)c1ccccc1. The Labute approximate surface area is 175 Å². The fourth-order valence-electron chi connectivity index (χ4n) is 3.64. The van der Waals surface area contributed by atoms with E-state index in [0.717, 1.165) is 11.1 Å². The van der Waals surface area contributed by atoms with Crippen LogP contribution >= 0.6 is 0 Å². The van der Waals surface area contributed by atoms with E-state index in [0.29, 0.717) is 37.5 Å². The summed E-state index contributed by atoms with van der Waals surface area (Å²) in [4.78, 5) is 33.5. The van der Waals surface area contributed by atoms with Crippen molar-refractivity contribution in [1.82, 2.24) is 9.88 Å². The first-order valence-electron chi connectivity index (χ1n) is 10.1. The number of amides is 1. The topological polar surface area (TPSA) is 75.9 Å². The van der Waals surface area contributed by atoms with E-state index < -0.39 is 6.10 Å². The van der Waals surface area contributed by atoms with E-state index in [9.17, 15) is 9.59 Å². The van der Waals surface area contributed by atoms with Crippen LogP contribution in [0.1, 0.15) is 24.5 Å². The van der Waals surface area contributed by atoms with Gasteiger partial charge in [-0.2, -0.15) is 4.98 Å². The number of aromatic nitrogens is 1. The minimum Gasteiger partial charge on any atom is -0.447 e. The van der Waals surface area contributed by atoms with Crippen molar-refractivity contribution in [2.45, 2.75) is 18.9 Å². The largest absolute Gasteiger partial charge is 0.447 e. The number of fused-ring (bicyclic) bond motifs is 1. The lowest BCUT2D eigenvalue weighted by molar-refractivity contribution is -0.163. The third-order valence-corrected chi connectivity index (χ3v) is 5.38. The van der Waals surface area contributed by atoms with Crippen LogP contribution in [0.25, 0.3) is 11.1 Å². The Hall–Kier alpha value is -3.35. The van der Waals surface area contributed by atoms with Crippen molar-refractivity contribution in [2.75, 3.05) is 32.1 Å².